The van der Waals surface area contributed by atoms with Gasteiger partial charge in [-0.2, -0.15) is 0 Å². The Morgan fingerprint density at radius 1 is 1.21 bits per heavy atom. The summed E-state index contributed by atoms with van der Waals surface area (Å²) in [5.41, 5.74) is 2.96. The SMILES string of the molecule is CC(C)CNCC(C)N1c2ccccc2CCC1C. The molecule has 0 aliphatic carbocycles. The van der Waals surface area contributed by atoms with Gasteiger partial charge in [-0.05, 0) is 50.8 Å². The quantitative estimate of drug-likeness (QED) is 0.872. The zero-order valence-corrected chi connectivity index (χ0v) is 12.8. The van der Waals surface area contributed by atoms with E-state index in [0.717, 1.165) is 19.0 Å². The van der Waals surface area contributed by atoms with Crippen LogP contribution >= 0.6 is 0 Å². The van der Waals surface area contributed by atoms with Crippen molar-refractivity contribution >= 4 is 5.69 Å². The fourth-order valence-electron chi connectivity index (χ4n) is 3.07. The Labute approximate surface area is 118 Å². The fourth-order valence-corrected chi connectivity index (χ4v) is 3.07. The average molecular weight is 260 g/mol. The molecule has 2 atom stereocenters. The zero-order chi connectivity index (χ0) is 13.8. The summed E-state index contributed by atoms with van der Waals surface area (Å²) in [6.07, 6.45) is 2.49. The summed E-state index contributed by atoms with van der Waals surface area (Å²) in [6, 6.07) is 10.1. The van der Waals surface area contributed by atoms with E-state index in [1.807, 2.05) is 0 Å². The molecule has 0 fully saturated rings. The normalized spacial score (nSPS) is 20.5. The molecule has 0 spiro atoms. The highest BCUT2D eigenvalue weighted by Gasteiger charge is 2.26. The van der Waals surface area contributed by atoms with Crippen LogP contribution in [0, 0.1) is 5.92 Å². The molecule has 2 nitrogen and oxygen atoms in total. The van der Waals surface area contributed by atoms with E-state index in [2.05, 4.69) is 62.2 Å². The highest BCUT2D eigenvalue weighted by molar-refractivity contribution is 5.57. The average Bonchev–Trinajstić information content (AvgIpc) is 2.38. The van der Waals surface area contributed by atoms with Gasteiger partial charge in [-0.25, -0.2) is 0 Å². The number of hydrogen-bond donors (Lipinski definition) is 1. The third kappa shape index (κ3) is 3.50. The molecule has 19 heavy (non-hydrogen) atoms. The minimum atomic E-state index is 0.551. The molecule has 0 bridgehead atoms. The number of nitrogens with one attached hydrogen (secondary N) is 1. The number of aryl methyl sites for hydroxylation is 1. The lowest BCUT2D eigenvalue weighted by molar-refractivity contribution is 0.461. The van der Waals surface area contributed by atoms with Crippen LogP contribution in [0.2, 0.25) is 0 Å². The summed E-state index contributed by atoms with van der Waals surface area (Å²) in [7, 11) is 0. The van der Waals surface area contributed by atoms with Crippen LogP contribution in [0.25, 0.3) is 0 Å². The molecule has 0 saturated heterocycles. The van der Waals surface area contributed by atoms with Crippen LogP contribution in [0.15, 0.2) is 24.3 Å². The van der Waals surface area contributed by atoms with Gasteiger partial charge < -0.3 is 10.2 Å². The van der Waals surface area contributed by atoms with E-state index < -0.39 is 0 Å². The molecule has 0 aromatic heterocycles. The summed E-state index contributed by atoms with van der Waals surface area (Å²) in [6.45, 7) is 11.4. The van der Waals surface area contributed by atoms with Crippen molar-refractivity contribution in [2.45, 2.75) is 52.6 Å². The van der Waals surface area contributed by atoms with E-state index in [0.29, 0.717) is 12.1 Å². The van der Waals surface area contributed by atoms with Gasteiger partial charge >= 0.3 is 0 Å². The number of rotatable bonds is 5. The Morgan fingerprint density at radius 2 is 1.95 bits per heavy atom. The Bertz CT molecular complexity index is 400. The second-order valence-electron chi connectivity index (χ2n) is 6.32. The molecule has 2 heteroatoms. The van der Waals surface area contributed by atoms with Crippen molar-refractivity contribution in [2.75, 3.05) is 18.0 Å². The van der Waals surface area contributed by atoms with Crippen molar-refractivity contribution in [1.82, 2.24) is 5.32 Å². The van der Waals surface area contributed by atoms with Crippen molar-refractivity contribution in [2.24, 2.45) is 5.92 Å². The zero-order valence-electron chi connectivity index (χ0n) is 12.8. The monoisotopic (exact) mass is 260 g/mol. The van der Waals surface area contributed by atoms with Gasteiger partial charge in [-0.1, -0.05) is 32.0 Å². The summed E-state index contributed by atoms with van der Waals surface area (Å²) in [5.74, 6) is 0.721. The topological polar surface area (TPSA) is 15.3 Å². The first kappa shape index (κ1) is 14.4. The maximum Gasteiger partial charge on any atom is 0.0404 e. The summed E-state index contributed by atoms with van der Waals surface area (Å²) < 4.78 is 0. The molecule has 0 saturated carbocycles. The predicted octanol–water partition coefficient (Wildman–Crippen LogP) is 3.46. The fraction of sp³-hybridized carbons (Fsp3) is 0.647. The van der Waals surface area contributed by atoms with Crippen molar-refractivity contribution in [3.63, 3.8) is 0 Å². The second kappa shape index (κ2) is 6.42. The standard InChI is InChI=1S/C17H28N2/c1-13(2)11-18-12-15(4)19-14(3)9-10-16-7-5-6-8-17(16)19/h5-8,13-15,18H,9-12H2,1-4H3. The largest absolute Gasteiger partial charge is 0.365 e. The summed E-state index contributed by atoms with van der Waals surface area (Å²) >= 11 is 0. The van der Waals surface area contributed by atoms with Gasteiger partial charge in [-0.15, -0.1) is 0 Å². The molecule has 1 N–H and O–H groups in total. The van der Waals surface area contributed by atoms with Gasteiger partial charge in [0.15, 0.2) is 0 Å². The molecule has 1 aromatic rings. The maximum atomic E-state index is 3.59. The van der Waals surface area contributed by atoms with E-state index in [9.17, 15) is 0 Å². The number of hydrogen-bond acceptors (Lipinski definition) is 2. The van der Waals surface area contributed by atoms with Crippen LogP contribution in [-0.2, 0) is 6.42 Å². The molecule has 1 aliphatic heterocycles. The predicted molar refractivity (Wildman–Crippen MR) is 83.9 cm³/mol. The first-order chi connectivity index (χ1) is 9.09. The molecule has 0 amide bonds. The molecule has 1 aliphatic rings. The Kier molecular flexibility index (Phi) is 4.87. The molecule has 106 valence electrons. The van der Waals surface area contributed by atoms with E-state index in [4.69, 9.17) is 0 Å². The third-order valence-electron chi connectivity index (χ3n) is 4.04. The Hall–Kier alpha value is -1.02. The van der Waals surface area contributed by atoms with Crippen LogP contribution in [0.1, 0.15) is 39.7 Å². The van der Waals surface area contributed by atoms with Gasteiger partial charge in [0.2, 0.25) is 0 Å². The van der Waals surface area contributed by atoms with Crippen LogP contribution in [-0.4, -0.2) is 25.2 Å². The van der Waals surface area contributed by atoms with Gasteiger partial charge in [-0.3, -0.25) is 0 Å². The maximum absolute atomic E-state index is 3.59. The van der Waals surface area contributed by atoms with Crippen molar-refractivity contribution < 1.29 is 0 Å². The van der Waals surface area contributed by atoms with Crippen LogP contribution in [0.5, 0.6) is 0 Å². The van der Waals surface area contributed by atoms with E-state index in [1.54, 1.807) is 0 Å². The van der Waals surface area contributed by atoms with Crippen LogP contribution < -0.4 is 10.2 Å². The smallest absolute Gasteiger partial charge is 0.0404 e. The van der Waals surface area contributed by atoms with Gasteiger partial charge in [0.25, 0.3) is 0 Å². The highest BCUT2D eigenvalue weighted by atomic mass is 15.2. The summed E-state index contributed by atoms with van der Waals surface area (Å²) in [5, 5.41) is 3.59. The molecular formula is C17H28N2. The van der Waals surface area contributed by atoms with Crippen LogP contribution in [0.4, 0.5) is 5.69 Å². The van der Waals surface area contributed by atoms with Crippen molar-refractivity contribution in [1.29, 1.82) is 0 Å². The Balaban J connectivity index is 2.05. The van der Waals surface area contributed by atoms with Crippen molar-refractivity contribution in [3.8, 4) is 0 Å². The van der Waals surface area contributed by atoms with Gasteiger partial charge in [0, 0.05) is 24.3 Å². The van der Waals surface area contributed by atoms with E-state index >= 15 is 0 Å². The van der Waals surface area contributed by atoms with E-state index in [1.165, 1.54) is 24.1 Å². The molecule has 2 unspecified atom stereocenters. The molecular weight excluding hydrogens is 232 g/mol. The first-order valence-electron chi connectivity index (χ1n) is 7.66. The van der Waals surface area contributed by atoms with E-state index in [-0.39, 0.29) is 0 Å². The minimum absolute atomic E-state index is 0.551. The second-order valence-corrected chi connectivity index (χ2v) is 6.32. The molecule has 1 heterocycles. The molecule has 2 rings (SSSR count). The number of nitrogens with zero attached hydrogens (tertiary/aromatic N) is 1. The van der Waals surface area contributed by atoms with Gasteiger partial charge in [0.05, 0.1) is 0 Å². The lowest BCUT2D eigenvalue weighted by atomic mass is 9.95. The summed E-state index contributed by atoms with van der Waals surface area (Å²) in [4.78, 5) is 2.60. The first-order valence-corrected chi connectivity index (χ1v) is 7.66. The van der Waals surface area contributed by atoms with Crippen LogP contribution in [0.3, 0.4) is 0 Å². The molecule has 1 aromatic carbocycles. The number of para-hydroxylation sites is 1. The van der Waals surface area contributed by atoms with Gasteiger partial charge in [0.1, 0.15) is 0 Å². The number of anilines is 1. The number of benzene rings is 1. The third-order valence-corrected chi connectivity index (χ3v) is 4.04. The lowest BCUT2D eigenvalue weighted by Crippen LogP contribution is -2.48. The lowest BCUT2D eigenvalue weighted by Gasteiger charge is -2.41. The molecule has 0 radical (unpaired) electrons. The minimum Gasteiger partial charge on any atom is -0.365 e. The van der Waals surface area contributed by atoms with Crippen molar-refractivity contribution in [3.05, 3.63) is 29.8 Å². The number of fused-ring (bicyclic) bond motifs is 1. The Morgan fingerprint density at radius 3 is 2.68 bits per heavy atom. The highest BCUT2D eigenvalue weighted by Crippen LogP contribution is 2.31.